The molecule has 0 bridgehead atoms. The second-order valence-corrected chi connectivity index (χ2v) is 3.60. The molecule has 90 valence electrons. The third kappa shape index (κ3) is 3.15. The fraction of sp³-hybridized carbons (Fsp3) is 0.455. The summed E-state index contributed by atoms with van der Waals surface area (Å²) in [5.74, 6) is -1.07. The second-order valence-electron chi connectivity index (χ2n) is 3.60. The molecule has 0 unspecified atom stereocenters. The van der Waals surface area contributed by atoms with Crippen LogP contribution in [0.1, 0.15) is 5.56 Å². The Kier molecular flexibility index (Phi) is 4.64. The molecule has 0 atom stereocenters. The quantitative estimate of drug-likeness (QED) is 0.777. The zero-order valence-corrected chi connectivity index (χ0v) is 9.68. The van der Waals surface area contributed by atoms with Gasteiger partial charge in [-0.05, 0) is 20.2 Å². The Bertz CT molecular complexity index is 358. The first-order valence-corrected chi connectivity index (χ1v) is 4.93. The summed E-state index contributed by atoms with van der Waals surface area (Å²) in [4.78, 5) is 1.84. The number of benzene rings is 1. The molecular formula is C11H16F2N2O. The molecule has 1 aromatic carbocycles. The van der Waals surface area contributed by atoms with Crippen molar-refractivity contribution in [3.8, 4) is 5.75 Å². The van der Waals surface area contributed by atoms with Crippen LogP contribution in [0.15, 0.2) is 12.1 Å². The Hall–Kier alpha value is -1.20. The zero-order valence-electron chi connectivity index (χ0n) is 9.68. The normalized spacial score (nSPS) is 10.9. The van der Waals surface area contributed by atoms with Crippen LogP contribution in [0.4, 0.5) is 8.78 Å². The van der Waals surface area contributed by atoms with Crippen molar-refractivity contribution in [3.05, 3.63) is 29.3 Å². The molecule has 0 aliphatic rings. The summed E-state index contributed by atoms with van der Waals surface area (Å²) in [6, 6.07) is 2.23. The van der Waals surface area contributed by atoms with Crippen molar-refractivity contribution in [2.45, 2.75) is 6.54 Å². The van der Waals surface area contributed by atoms with Gasteiger partial charge in [0.1, 0.15) is 5.82 Å². The largest absolute Gasteiger partial charge is 0.494 e. The van der Waals surface area contributed by atoms with Crippen LogP contribution >= 0.6 is 0 Å². The van der Waals surface area contributed by atoms with E-state index in [1.54, 1.807) is 7.05 Å². The molecular weight excluding hydrogens is 214 g/mol. The lowest BCUT2D eigenvalue weighted by Crippen LogP contribution is -2.28. The maximum Gasteiger partial charge on any atom is 0.165 e. The van der Waals surface area contributed by atoms with E-state index in [4.69, 9.17) is 4.74 Å². The van der Waals surface area contributed by atoms with E-state index in [-0.39, 0.29) is 5.75 Å². The van der Waals surface area contributed by atoms with Gasteiger partial charge in [0.2, 0.25) is 0 Å². The minimum atomic E-state index is -0.545. The van der Waals surface area contributed by atoms with E-state index in [1.807, 2.05) is 11.9 Å². The van der Waals surface area contributed by atoms with Gasteiger partial charge in [-0.1, -0.05) is 0 Å². The van der Waals surface area contributed by atoms with Crippen molar-refractivity contribution in [3.63, 3.8) is 0 Å². The predicted molar refractivity (Wildman–Crippen MR) is 58.3 cm³/mol. The van der Waals surface area contributed by atoms with Crippen LogP contribution in [0.3, 0.4) is 0 Å². The van der Waals surface area contributed by atoms with Gasteiger partial charge in [-0.15, -0.1) is 0 Å². The molecule has 0 heterocycles. The van der Waals surface area contributed by atoms with Gasteiger partial charge in [0, 0.05) is 24.8 Å². The minimum Gasteiger partial charge on any atom is -0.494 e. The third-order valence-electron chi connectivity index (χ3n) is 2.19. The third-order valence-corrected chi connectivity index (χ3v) is 2.19. The molecule has 5 heteroatoms. The highest BCUT2D eigenvalue weighted by atomic mass is 19.1. The van der Waals surface area contributed by atoms with Crippen molar-refractivity contribution < 1.29 is 13.5 Å². The zero-order chi connectivity index (χ0) is 12.1. The predicted octanol–water partition coefficient (Wildman–Crippen LogP) is 1.58. The highest BCUT2D eigenvalue weighted by Crippen LogP contribution is 2.21. The Labute approximate surface area is 94.0 Å². The van der Waals surface area contributed by atoms with Crippen molar-refractivity contribution >= 4 is 0 Å². The van der Waals surface area contributed by atoms with Crippen LogP contribution in [-0.2, 0) is 6.54 Å². The van der Waals surface area contributed by atoms with E-state index >= 15 is 0 Å². The van der Waals surface area contributed by atoms with Gasteiger partial charge in [-0.2, -0.15) is 0 Å². The SMILES string of the molecule is CNCN(C)Cc1cc(F)c(OC)cc1F. The first kappa shape index (κ1) is 12.9. The number of nitrogens with one attached hydrogen (secondary N) is 1. The van der Waals surface area contributed by atoms with Crippen molar-refractivity contribution in [2.75, 3.05) is 27.9 Å². The molecule has 1 N–H and O–H groups in total. The summed E-state index contributed by atoms with van der Waals surface area (Å²) >= 11 is 0. The molecule has 0 fully saturated rings. The summed E-state index contributed by atoms with van der Waals surface area (Å²) in [6.45, 7) is 0.945. The number of ether oxygens (including phenoxy) is 1. The first-order chi connectivity index (χ1) is 7.58. The van der Waals surface area contributed by atoms with E-state index in [9.17, 15) is 8.78 Å². The minimum absolute atomic E-state index is 0.0717. The molecule has 0 spiro atoms. The summed E-state index contributed by atoms with van der Waals surface area (Å²) in [5, 5.41) is 2.93. The van der Waals surface area contributed by atoms with Gasteiger partial charge in [-0.25, -0.2) is 8.78 Å². The standard InChI is InChI=1S/C11H16F2N2O/c1-14-7-15(2)6-8-4-10(13)11(16-3)5-9(8)12/h4-5,14H,6-7H2,1-3H3. The van der Waals surface area contributed by atoms with Crippen molar-refractivity contribution in [1.29, 1.82) is 0 Å². The van der Waals surface area contributed by atoms with Gasteiger partial charge < -0.3 is 10.1 Å². The monoisotopic (exact) mass is 230 g/mol. The molecule has 1 rings (SSSR count). The van der Waals surface area contributed by atoms with Crippen LogP contribution < -0.4 is 10.1 Å². The number of hydrogen-bond acceptors (Lipinski definition) is 3. The number of methoxy groups -OCH3 is 1. The highest BCUT2D eigenvalue weighted by molar-refractivity contribution is 5.30. The second kappa shape index (κ2) is 5.77. The van der Waals surface area contributed by atoms with Crippen LogP contribution in [0.25, 0.3) is 0 Å². The van der Waals surface area contributed by atoms with Crippen molar-refractivity contribution in [2.24, 2.45) is 0 Å². The Morgan fingerprint density at radius 2 is 2.00 bits per heavy atom. The van der Waals surface area contributed by atoms with Crippen LogP contribution in [0.2, 0.25) is 0 Å². The summed E-state index contributed by atoms with van der Waals surface area (Å²) in [6.07, 6.45) is 0. The van der Waals surface area contributed by atoms with Crippen LogP contribution in [-0.4, -0.2) is 32.8 Å². The lowest BCUT2D eigenvalue weighted by Gasteiger charge is -2.16. The first-order valence-electron chi connectivity index (χ1n) is 4.93. The van der Waals surface area contributed by atoms with Gasteiger partial charge in [0.25, 0.3) is 0 Å². The Morgan fingerprint density at radius 3 is 2.56 bits per heavy atom. The highest BCUT2D eigenvalue weighted by Gasteiger charge is 2.11. The molecule has 0 amide bonds. The van der Waals surface area contributed by atoms with Gasteiger partial charge >= 0.3 is 0 Å². The van der Waals surface area contributed by atoms with Gasteiger partial charge in [0.05, 0.1) is 7.11 Å². The molecule has 0 aliphatic carbocycles. The van der Waals surface area contributed by atoms with E-state index in [1.165, 1.54) is 13.2 Å². The van der Waals surface area contributed by atoms with E-state index in [0.29, 0.717) is 18.8 Å². The molecule has 0 aromatic heterocycles. The maximum atomic E-state index is 13.5. The van der Waals surface area contributed by atoms with E-state index in [2.05, 4.69) is 5.32 Å². The molecule has 0 saturated carbocycles. The number of rotatable bonds is 5. The average molecular weight is 230 g/mol. The van der Waals surface area contributed by atoms with Gasteiger partial charge in [0.15, 0.2) is 11.6 Å². The fourth-order valence-corrected chi connectivity index (χ4v) is 1.46. The lowest BCUT2D eigenvalue weighted by atomic mass is 10.2. The topological polar surface area (TPSA) is 24.5 Å². The van der Waals surface area contributed by atoms with Gasteiger partial charge in [-0.3, -0.25) is 4.90 Å². The van der Waals surface area contributed by atoms with E-state index < -0.39 is 11.6 Å². The molecule has 0 radical (unpaired) electrons. The number of nitrogens with zero attached hydrogens (tertiary/aromatic N) is 1. The summed E-state index contributed by atoms with van der Waals surface area (Å²) in [5.41, 5.74) is 0.316. The Morgan fingerprint density at radius 1 is 1.31 bits per heavy atom. The van der Waals surface area contributed by atoms with E-state index in [0.717, 1.165) is 6.07 Å². The Balaban J connectivity index is 2.85. The molecule has 0 saturated heterocycles. The molecule has 0 aliphatic heterocycles. The smallest absolute Gasteiger partial charge is 0.165 e. The van der Waals surface area contributed by atoms with Crippen LogP contribution in [0, 0.1) is 11.6 Å². The molecule has 16 heavy (non-hydrogen) atoms. The van der Waals surface area contributed by atoms with Crippen molar-refractivity contribution in [1.82, 2.24) is 10.2 Å². The summed E-state index contributed by atoms with van der Waals surface area (Å²) in [7, 11) is 4.92. The summed E-state index contributed by atoms with van der Waals surface area (Å²) < 4.78 is 31.6. The fourth-order valence-electron chi connectivity index (χ4n) is 1.46. The maximum absolute atomic E-state index is 13.5. The number of halogens is 2. The average Bonchev–Trinajstić information content (AvgIpc) is 2.23. The lowest BCUT2D eigenvalue weighted by molar-refractivity contribution is 0.303. The molecule has 1 aromatic rings. The number of hydrogen-bond donors (Lipinski definition) is 1. The van der Waals surface area contributed by atoms with Crippen LogP contribution in [0.5, 0.6) is 5.75 Å². The molecule has 3 nitrogen and oxygen atoms in total.